The number of Topliss-reactive ketones (excluding diaryl/α,β-unsaturated/α-hetero) is 1. The molecule has 2 aliphatic rings. The first-order valence-corrected chi connectivity index (χ1v) is 10.9. The van der Waals surface area contributed by atoms with Gasteiger partial charge in [-0.25, -0.2) is 0 Å². The Balaban J connectivity index is 1.60. The van der Waals surface area contributed by atoms with Gasteiger partial charge in [-0.3, -0.25) is 4.79 Å². The fourth-order valence-electron chi connectivity index (χ4n) is 4.31. The first-order chi connectivity index (χ1) is 13.1. The lowest BCUT2D eigenvalue weighted by molar-refractivity contribution is -0.198. The smallest absolute Gasteiger partial charge is 0.169 e. The largest absolute Gasteiger partial charge is 0.347 e. The molecule has 4 rings (SSSR count). The normalized spacial score (nSPS) is 24.4. The van der Waals surface area contributed by atoms with E-state index in [1.807, 2.05) is 36.4 Å². The van der Waals surface area contributed by atoms with Gasteiger partial charge in [0.15, 0.2) is 5.79 Å². The molecule has 2 atom stereocenters. The van der Waals surface area contributed by atoms with E-state index in [9.17, 15) is 4.79 Å². The van der Waals surface area contributed by atoms with E-state index in [2.05, 4.69) is 44.0 Å². The summed E-state index contributed by atoms with van der Waals surface area (Å²) in [5.74, 6) is -0.469. The summed E-state index contributed by atoms with van der Waals surface area (Å²) in [4.78, 5) is 13.4. The monoisotopic (exact) mass is 492 g/mol. The lowest BCUT2D eigenvalue weighted by Crippen LogP contribution is -2.46. The molecule has 1 aliphatic heterocycles. The van der Waals surface area contributed by atoms with Crippen LogP contribution in [0.25, 0.3) is 0 Å². The quantitative estimate of drug-likeness (QED) is 0.577. The molecule has 0 aromatic heterocycles. The lowest BCUT2D eigenvalue weighted by Gasteiger charge is -2.40. The molecular formula is C22H22Br2O3. The van der Waals surface area contributed by atoms with Crippen molar-refractivity contribution in [1.29, 1.82) is 0 Å². The molecule has 2 unspecified atom stereocenters. The molecule has 0 radical (unpaired) electrons. The van der Waals surface area contributed by atoms with Crippen LogP contribution in [0.5, 0.6) is 0 Å². The van der Waals surface area contributed by atoms with Gasteiger partial charge in [0.25, 0.3) is 0 Å². The third kappa shape index (κ3) is 4.21. The predicted octanol–water partition coefficient (Wildman–Crippen LogP) is 5.34. The molecule has 27 heavy (non-hydrogen) atoms. The molecule has 2 aromatic carbocycles. The highest BCUT2D eigenvalue weighted by Gasteiger charge is 2.49. The Morgan fingerprint density at radius 2 is 1.26 bits per heavy atom. The molecule has 1 heterocycles. The van der Waals surface area contributed by atoms with Crippen LogP contribution in [0.15, 0.2) is 57.5 Å². The zero-order valence-electron chi connectivity index (χ0n) is 15.0. The number of hydrogen-bond donors (Lipinski definition) is 0. The van der Waals surface area contributed by atoms with Gasteiger partial charge in [-0.2, -0.15) is 0 Å². The van der Waals surface area contributed by atoms with Crippen LogP contribution in [0.3, 0.4) is 0 Å². The Morgan fingerprint density at radius 3 is 1.70 bits per heavy atom. The van der Waals surface area contributed by atoms with Crippen LogP contribution >= 0.6 is 31.9 Å². The summed E-state index contributed by atoms with van der Waals surface area (Å²) in [5.41, 5.74) is 2.32. The zero-order valence-corrected chi connectivity index (χ0v) is 18.2. The van der Waals surface area contributed by atoms with Crippen LogP contribution in [0, 0.1) is 11.8 Å². The van der Waals surface area contributed by atoms with Crippen molar-refractivity contribution < 1.29 is 14.3 Å². The SMILES string of the molecule is O=C1C(Cc2ccccc2Br)CC2(CC1Cc1ccccc1Br)OCCO2. The van der Waals surface area contributed by atoms with Crippen molar-refractivity contribution in [2.75, 3.05) is 13.2 Å². The minimum atomic E-state index is -0.605. The Labute approximate surface area is 176 Å². The molecular weight excluding hydrogens is 472 g/mol. The summed E-state index contributed by atoms with van der Waals surface area (Å²) in [6.07, 6.45) is 2.70. The predicted molar refractivity (Wildman–Crippen MR) is 112 cm³/mol. The Kier molecular flexibility index (Phi) is 5.83. The van der Waals surface area contributed by atoms with Crippen molar-refractivity contribution in [3.63, 3.8) is 0 Å². The number of rotatable bonds is 4. The highest BCUT2D eigenvalue weighted by molar-refractivity contribution is 9.10. The van der Waals surface area contributed by atoms with Gasteiger partial charge in [0, 0.05) is 33.6 Å². The van der Waals surface area contributed by atoms with Crippen molar-refractivity contribution in [2.45, 2.75) is 31.5 Å². The molecule has 3 nitrogen and oxygen atoms in total. The van der Waals surface area contributed by atoms with E-state index in [4.69, 9.17) is 9.47 Å². The van der Waals surface area contributed by atoms with Crippen LogP contribution in [0.4, 0.5) is 0 Å². The molecule has 0 bridgehead atoms. The molecule has 1 aliphatic carbocycles. The molecule has 142 valence electrons. The number of halogens is 2. The first-order valence-electron chi connectivity index (χ1n) is 9.35. The number of carbonyl (C=O) groups excluding carboxylic acids is 1. The standard InChI is InChI=1S/C22H22Br2O3/c23-19-7-3-1-5-15(19)11-17-13-22(26-9-10-27-22)14-18(21(17)25)12-16-6-2-4-8-20(16)24/h1-8,17-18H,9-14H2. The van der Waals surface area contributed by atoms with Gasteiger partial charge in [-0.1, -0.05) is 68.3 Å². The molecule has 1 saturated carbocycles. The van der Waals surface area contributed by atoms with E-state index in [0.29, 0.717) is 44.7 Å². The number of ketones is 1. The van der Waals surface area contributed by atoms with Gasteiger partial charge in [0.1, 0.15) is 5.78 Å². The van der Waals surface area contributed by atoms with Crippen LogP contribution in [0.2, 0.25) is 0 Å². The summed E-state index contributed by atoms with van der Waals surface area (Å²) >= 11 is 7.23. The van der Waals surface area contributed by atoms with Gasteiger partial charge >= 0.3 is 0 Å². The lowest BCUT2D eigenvalue weighted by atomic mass is 9.72. The van der Waals surface area contributed by atoms with Gasteiger partial charge in [0.05, 0.1) is 13.2 Å². The van der Waals surface area contributed by atoms with Crippen LogP contribution in [-0.4, -0.2) is 24.8 Å². The van der Waals surface area contributed by atoms with Crippen LogP contribution in [0.1, 0.15) is 24.0 Å². The van der Waals surface area contributed by atoms with Crippen LogP contribution < -0.4 is 0 Å². The fraction of sp³-hybridized carbons (Fsp3) is 0.409. The second-order valence-corrected chi connectivity index (χ2v) is 9.11. The third-order valence-corrected chi connectivity index (χ3v) is 7.13. The summed E-state index contributed by atoms with van der Waals surface area (Å²) in [7, 11) is 0. The Bertz CT molecular complexity index is 768. The van der Waals surface area contributed by atoms with E-state index in [-0.39, 0.29) is 11.8 Å². The Hall–Kier alpha value is -1.01. The maximum atomic E-state index is 13.4. The van der Waals surface area contributed by atoms with E-state index in [1.165, 1.54) is 0 Å². The van der Waals surface area contributed by atoms with Crippen molar-refractivity contribution in [3.05, 3.63) is 68.6 Å². The molecule has 0 N–H and O–H groups in total. The third-order valence-electron chi connectivity index (χ3n) is 5.58. The average molecular weight is 494 g/mol. The second-order valence-electron chi connectivity index (χ2n) is 7.40. The van der Waals surface area contributed by atoms with Gasteiger partial charge in [-0.15, -0.1) is 0 Å². The topological polar surface area (TPSA) is 35.5 Å². The highest BCUT2D eigenvalue weighted by Crippen LogP contribution is 2.43. The van der Waals surface area contributed by atoms with E-state index in [0.717, 1.165) is 20.1 Å². The Morgan fingerprint density at radius 1 is 0.815 bits per heavy atom. The van der Waals surface area contributed by atoms with E-state index < -0.39 is 5.79 Å². The van der Waals surface area contributed by atoms with Crippen LogP contribution in [-0.2, 0) is 27.1 Å². The maximum Gasteiger partial charge on any atom is 0.169 e. The van der Waals surface area contributed by atoms with Crippen molar-refractivity contribution in [3.8, 4) is 0 Å². The minimum absolute atomic E-state index is 0.0944. The maximum absolute atomic E-state index is 13.4. The zero-order chi connectivity index (χ0) is 18.9. The molecule has 0 amide bonds. The van der Waals surface area contributed by atoms with Crippen molar-refractivity contribution >= 4 is 37.6 Å². The van der Waals surface area contributed by atoms with E-state index in [1.54, 1.807) is 0 Å². The average Bonchev–Trinajstić information content (AvgIpc) is 3.10. The summed E-state index contributed by atoms with van der Waals surface area (Å²) in [5, 5.41) is 0. The van der Waals surface area contributed by atoms with Crippen molar-refractivity contribution in [1.82, 2.24) is 0 Å². The van der Waals surface area contributed by atoms with Gasteiger partial charge in [0.2, 0.25) is 0 Å². The molecule has 1 spiro atoms. The van der Waals surface area contributed by atoms with Crippen molar-refractivity contribution in [2.24, 2.45) is 11.8 Å². The first kappa shape index (κ1) is 19.3. The molecule has 2 fully saturated rings. The highest BCUT2D eigenvalue weighted by atomic mass is 79.9. The van der Waals surface area contributed by atoms with Gasteiger partial charge in [-0.05, 0) is 36.1 Å². The number of benzene rings is 2. The number of carbonyl (C=O) groups is 1. The minimum Gasteiger partial charge on any atom is -0.347 e. The molecule has 5 heteroatoms. The molecule has 2 aromatic rings. The van der Waals surface area contributed by atoms with E-state index >= 15 is 0 Å². The number of ether oxygens (including phenoxy) is 2. The summed E-state index contributed by atoms with van der Waals surface area (Å²) < 4.78 is 14.2. The molecule has 1 saturated heterocycles. The second kappa shape index (κ2) is 8.16. The van der Waals surface area contributed by atoms with Gasteiger partial charge < -0.3 is 9.47 Å². The fourth-order valence-corrected chi connectivity index (χ4v) is 5.20. The summed E-state index contributed by atoms with van der Waals surface area (Å²) in [6.45, 7) is 1.22. The summed E-state index contributed by atoms with van der Waals surface area (Å²) in [6, 6.07) is 16.2. The number of hydrogen-bond acceptors (Lipinski definition) is 3.